The van der Waals surface area contributed by atoms with Gasteiger partial charge in [-0.25, -0.2) is 0 Å². The number of primary amides is 1. The molecule has 0 aliphatic carbocycles. The van der Waals surface area contributed by atoms with Crippen LogP contribution in [0, 0.1) is 0 Å². The first kappa shape index (κ1) is 10.9. The number of rotatable bonds is 2. The molecule has 0 saturated carbocycles. The molecule has 1 fully saturated rings. The van der Waals surface area contributed by atoms with E-state index in [0.29, 0.717) is 0 Å². The molecule has 5 N–H and O–H groups in total. The summed E-state index contributed by atoms with van der Waals surface area (Å²) in [7, 11) is 0. The van der Waals surface area contributed by atoms with Crippen molar-refractivity contribution in [1.82, 2.24) is 4.90 Å². The summed E-state index contributed by atoms with van der Waals surface area (Å²) in [5, 5.41) is 8.97. The molecule has 6 nitrogen and oxygen atoms in total. The lowest BCUT2D eigenvalue weighted by Gasteiger charge is -2.11. The van der Waals surface area contributed by atoms with Gasteiger partial charge in [0.1, 0.15) is 0 Å². The summed E-state index contributed by atoms with van der Waals surface area (Å²) in [6.45, 7) is 0.137. The highest BCUT2D eigenvalue weighted by Crippen LogP contribution is 2.09. The number of hydrogen-bond acceptors (Lipinski definition) is 3. The summed E-state index contributed by atoms with van der Waals surface area (Å²) >= 11 is 0. The molecule has 1 saturated heterocycles. The van der Waals surface area contributed by atoms with Crippen molar-refractivity contribution in [2.24, 2.45) is 5.73 Å². The first-order valence-electron chi connectivity index (χ1n) is 3.33. The van der Waals surface area contributed by atoms with E-state index in [1.54, 1.807) is 0 Å². The third-order valence-electron chi connectivity index (χ3n) is 1.54. The number of likely N-dealkylation sites (tertiary alicyclic amines) is 1. The monoisotopic (exact) mass is 176 g/mol. The van der Waals surface area contributed by atoms with E-state index in [1.165, 1.54) is 4.90 Å². The van der Waals surface area contributed by atoms with Gasteiger partial charge in [0.15, 0.2) is 0 Å². The van der Waals surface area contributed by atoms with Gasteiger partial charge in [0.05, 0.1) is 19.1 Å². The number of hydrogen-bond donors (Lipinski definition) is 2. The van der Waals surface area contributed by atoms with E-state index in [9.17, 15) is 9.59 Å². The second-order valence-corrected chi connectivity index (χ2v) is 2.60. The minimum atomic E-state index is -0.637. The summed E-state index contributed by atoms with van der Waals surface area (Å²) in [5.74, 6) is -0.760. The number of β-amino-alcohol motifs (C(OH)–C–C–N with tert-alkyl or cyclic N) is 1. The minimum Gasteiger partial charge on any atom is -0.412 e. The quantitative estimate of drug-likeness (QED) is 0.474. The van der Waals surface area contributed by atoms with Crippen molar-refractivity contribution in [3.05, 3.63) is 0 Å². The fourth-order valence-corrected chi connectivity index (χ4v) is 1.09. The van der Waals surface area contributed by atoms with E-state index < -0.39 is 12.0 Å². The predicted octanol–water partition coefficient (Wildman–Crippen LogP) is -2.76. The Bertz CT molecular complexity index is 194. The molecule has 1 rings (SSSR count). The van der Waals surface area contributed by atoms with Gasteiger partial charge in [-0.15, -0.1) is 0 Å². The Morgan fingerprint density at radius 3 is 2.67 bits per heavy atom. The van der Waals surface area contributed by atoms with E-state index in [-0.39, 0.29) is 30.9 Å². The Morgan fingerprint density at radius 1 is 1.75 bits per heavy atom. The molecule has 6 heteroatoms. The van der Waals surface area contributed by atoms with Gasteiger partial charge in [0.25, 0.3) is 0 Å². The van der Waals surface area contributed by atoms with Crippen LogP contribution in [0.1, 0.15) is 6.42 Å². The van der Waals surface area contributed by atoms with Crippen LogP contribution < -0.4 is 5.73 Å². The highest BCUT2D eigenvalue weighted by molar-refractivity contribution is 5.85. The van der Waals surface area contributed by atoms with Gasteiger partial charge in [-0.05, 0) is 0 Å². The normalized spacial score (nSPS) is 22.2. The maximum absolute atomic E-state index is 10.9. The number of carbonyl (C=O) groups excluding carboxylic acids is 2. The summed E-state index contributed by atoms with van der Waals surface area (Å²) in [6.07, 6.45) is -0.533. The molecule has 1 aliphatic rings. The summed E-state index contributed by atoms with van der Waals surface area (Å²) in [4.78, 5) is 22.5. The van der Waals surface area contributed by atoms with Crippen LogP contribution in [0.15, 0.2) is 0 Å². The number of amides is 2. The van der Waals surface area contributed by atoms with Crippen molar-refractivity contribution < 1.29 is 20.2 Å². The van der Waals surface area contributed by atoms with Crippen LogP contribution in [-0.2, 0) is 9.59 Å². The lowest BCUT2D eigenvalue weighted by molar-refractivity contribution is -0.132. The second-order valence-electron chi connectivity index (χ2n) is 2.60. The Balaban J connectivity index is 0.00000121. The van der Waals surface area contributed by atoms with E-state index in [4.69, 9.17) is 10.8 Å². The Hall–Kier alpha value is -1.14. The number of aliphatic hydroxyl groups is 1. The molecule has 0 aromatic rings. The number of nitrogens with two attached hydrogens (primary N) is 1. The van der Waals surface area contributed by atoms with Crippen molar-refractivity contribution in [2.75, 3.05) is 13.1 Å². The fraction of sp³-hybridized carbons (Fsp3) is 0.667. The molecule has 1 aliphatic heterocycles. The van der Waals surface area contributed by atoms with Crippen LogP contribution in [0.3, 0.4) is 0 Å². The SMILES string of the molecule is NC(=O)CN1CC(O)CC1=O.O. The summed E-state index contributed by atoms with van der Waals surface area (Å²) in [6, 6.07) is 0. The average Bonchev–Trinajstić information content (AvgIpc) is 2.09. The maximum Gasteiger partial charge on any atom is 0.237 e. The lowest BCUT2D eigenvalue weighted by Crippen LogP contribution is -2.35. The molecule has 0 aromatic heterocycles. The number of nitrogens with zero attached hydrogens (tertiary/aromatic N) is 1. The first-order valence-corrected chi connectivity index (χ1v) is 3.33. The average molecular weight is 176 g/mol. The zero-order valence-corrected chi connectivity index (χ0v) is 6.49. The summed E-state index contributed by atoms with van der Waals surface area (Å²) < 4.78 is 0. The van der Waals surface area contributed by atoms with E-state index in [0.717, 1.165) is 0 Å². The second kappa shape index (κ2) is 4.03. The molecular weight excluding hydrogens is 164 g/mol. The molecule has 70 valence electrons. The van der Waals surface area contributed by atoms with Gasteiger partial charge in [-0.2, -0.15) is 0 Å². The molecular formula is C6H12N2O4. The van der Waals surface area contributed by atoms with Gasteiger partial charge in [0, 0.05) is 6.54 Å². The number of carbonyl (C=O) groups is 2. The van der Waals surface area contributed by atoms with Crippen LogP contribution in [0.25, 0.3) is 0 Å². The van der Waals surface area contributed by atoms with E-state index in [2.05, 4.69) is 0 Å². The molecule has 1 heterocycles. The lowest BCUT2D eigenvalue weighted by atomic mass is 10.3. The van der Waals surface area contributed by atoms with Crippen LogP contribution >= 0.6 is 0 Å². The van der Waals surface area contributed by atoms with E-state index >= 15 is 0 Å². The molecule has 0 aromatic carbocycles. The van der Waals surface area contributed by atoms with Crippen molar-refractivity contribution in [2.45, 2.75) is 12.5 Å². The zero-order chi connectivity index (χ0) is 8.43. The van der Waals surface area contributed by atoms with Gasteiger partial charge in [0.2, 0.25) is 11.8 Å². The molecule has 1 atom stereocenters. The van der Waals surface area contributed by atoms with Gasteiger partial charge >= 0.3 is 0 Å². The standard InChI is InChI=1S/C6H10N2O3.H2O/c7-5(10)3-8-2-4(9)1-6(8)11;/h4,9H,1-3H2,(H2,7,10);1H2. The van der Waals surface area contributed by atoms with Crippen molar-refractivity contribution in [3.63, 3.8) is 0 Å². The highest BCUT2D eigenvalue weighted by atomic mass is 16.3. The van der Waals surface area contributed by atoms with Crippen molar-refractivity contribution in [3.8, 4) is 0 Å². The third kappa shape index (κ3) is 2.48. The Morgan fingerprint density at radius 2 is 2.33 bits per heavy atom. The largest absolute Gasteiger partial charge is 0.412 e. The molecule has 0 bridgehead atoms. The van der Waals surface area contributed by atoms with Crippen molar-refractivity contribution >= 4 is 11.8 Å². The smallest absolute Gasteiger partial charge is 0.237 e. The van der Waals surface area contributed by atoms with Crippen LogP contribution in [0.2, 0.25) is 0 Å². The third-order valence-corrected chi connectivity index (χ3v) is 1.54. The topological polar surface area (TPSA) is 115 Å². The Kier molecular flexibility index (Phi) is 3.65. The zero-order valence-electron chi connectivity index (χ0n) is 6.49. The minimum absolute atomic E-state index is 0. The predicted molar refractivity (Wildman–Crippen MR) is 40.0 cm³/mol. The maximum atomic E-state index is 10.9. The van der Waals surface area contributed by atoms with Crippen LogP contribution in [0.4, 0.5) is 0 Å². The number of aliphatic hydroxyl groups excluding tert-OH is 1. The van der Waals surface area contributed by atoms with Gasteiger partial charge in [-0.3, -0.25) is 9.59 Å². The van der Waals surface area contributed by atoms with Crippen molar-refractivity contribution in [1.29, 1.82) is 0 Å². The fourth-order valence-electron chi connectivity index (χ4n) is 1.09. The molecule has 2 amide bonds. The molecule has 0 spiro atoms. The highest BCUT2D eigenvalue weighted by Gasteiger charge is 2.28. The Labute approximate surface area is 69.3 Å². The molecule has 1 unspecified atom stereocenters. The van der Waals surface area contributed by atoms with Gasteiger partial charge in [-0.1, -0.05) is 0 Å². The molecule has 12 heavy (non-hydrogen) atoms. The van der Waals surface area contributed by atoms with Crippen LogP contribution in [-0.4, -0.2) is 46.5 Å². The molecule has 0 radical (unpaired) electrons. The summed E-state index contributed by atoms with van der Waals surface area (Å²) in [5.41, 5.74) is 4.87. The van der Waals surface area contributed by atoms with Gasteiger partial charge < -0.3 is 21.2 Å². The first-order chi connectivity index (χ1) is 5.09. The van der Waals surface area contributed by atoms with Crippen LogP contribution in [0.5, 0.6) is 0 Å². The van der Waals surface area contributed by atoms with E-state index in [1.807, 2.05) is 0 Å².